The minimum Gasteiger partial charge on any atom is -0.454 e. The van der Waals surface area contributed by atoms with E-state index in [4.69, 9.17) is 16.3 Å². The highest BCUT2D eigenvalue weighted by Gasteiger charge is 2.41. The maximum atomic E-state index is 12.8. The van der Waals surface area contributed by atoms with Gasteiger partial charge in [0.05, 0.1) is 16.8 Å². The van der Waals surface area contributed by atoms with Crippen molar-refractivity contribution in [3.63, 3.8) is 0 Å². The molecule has 2 unspecified atom stereocenters. The molecule has 1 saturated heterocycles. The zero-order chi connectivity index (χ0) is 20.8. The van der Waals surface area contributed by atoms with Crippen molar-refractivity contribution in [2.24, 2.45) is 0 Å². The summed E-state index contributed by atoms with van der Waals surface area (Å²) in [6.07, 6.45) is -0.754. The lowest BCUT2D eigenvalue weighted by Crippen LogP contribution is -2.30. The molecule has 2 heterocycles. The molecule has 1 aromatic heterocycles. The van der Waals surface area contributed by atoms with Crippen LogP contribution in [-0.4, -0.2) is 21.4 Å². The number of carbonyl (C=O) groups excluding carboxylic acids is 2. The molecule has 152 valence electrons. The number of hydrogen-bond acceptors (Lipinski definition) is 5. The molecule has 0 bridgehead atoms. The minimum absolute atomic E-state index is 0.0881. The van der Waals surface area contributed by atoms with Crippen LogP contribution in [0.1, 0.15) is 35.6 Å². The van der Waals surface area contributed by atoms with E-state index in [1.807, 2.05) is 0 Å². The molecule has 0 spiro atoms. The van der Waals surface area contributed by atoms with E-state index >= 15 is 0 Å². The first-order valence-electron chi connectivity index (χ1n) is 8.77. The van der Waals surface area contributed by atoms with Crippen LogP contribution in [0.5, 0.6) is 11.5 Å². The van der Waals surface area contributed by atoms with Crippen molar-refractivity contribution in [2.75, 3.05) is 0 Å². The number of aryl methyl sites for hydroxylation is 1. The van der Waals surface area contributed by atoms with Crippen LogP contribution >= 0.6 is 23.4 Å². The zero-order valence-corrected chi connectivity index (χ0v) is 16.3. The lowest BCUT2D eigenvalue weighted by molar-refractivity contribution is -0.137. The van der Waals surface area contributed by atoms with E-state index in [0.717, 1.165) is 54.4 Å². The Morgan fingerprint density at radius 2 is 2.03 bits per heavy atom. The fourth-order valence-corrected chi connectivity index (χ4v) is 4.76. The normalized spacial score (nSPS) is 21.7. The molecule has 1 aromatic carbocycles. The van der Waals surface area contributed by atoms with Crippen LogP contribution in [0.4, 0.5) is 18.0 Å². The summed E-state index contributed by atoms with van der Waals surface area (Å²) in [6.45, 7) is 0. The Hall–Kier alpha value is -2.26. The molecular weight excluding hydrogens is 429 g/mol. The summed E-state index contributed by atoms with van der Waals surface area (Å²) in [4.78, 5) is 28.0. The Balaban J connectivity index is 1.57. The van der Waals surface area contributed by atoms with Gasteiger partial charge in [0, 0.05) is 11.6 Å². The molecular formula is C19H14ClF3N2O3S. The third-order valence-electron chi connectivity index (χ3n) is 4.86. The second kappa shape index (κ2) is 7.53. The number of alkyl halides is 3. The van der Waals surface area contributed by atoms with Crippen LogP contribution in [0.2, 0.25) is 5.02 Å². The van der Waals surface area contributed by atoms with Gasteiger partial charge >= 0.3 is 6.18 Å². The van der Waals surface area contributed by atoms with Crippen LogP contribution in [0.15, 0.2) is 30.5 Å². The van der Waals surface area contributed by atoms with E-state index in [1.165, 1.54) is 12.3 Å². The first-order chi connectivity index (χ1) is 13.7. The van der Waals surface area contributed by atoms with Gasteiger partial charge in [-0.25, -0.2) is 0 Å². The van der Waals surface area contributed by atoms with Gasteiger partial charge < -0.3 is 4.74 Å². The van der Waals surface area contributed by atoms with Gasteiger partial charge in [-0.05, 0) is 49.1 Å². The number of nitrogens with zero attached hydrogens (tertiary/aromatic N) is 1. The average molecular weight is 443 g/mol. The predicted octanol–water partition coefficient (Wildman–Crippen LogP) is 5.32. The standard InChI is InChI=1S/C19H14ClF3N2O3S/c20-13-7-10(19(21,22)23)4-5-14(13)28-11-6-9-2-1-3-12(15(9)24-8-11)16-17(26)25-18(27)29-16/h4-8,12,16H,1-3H2,(H,25,26,27). The molecule has 2 aromatic rings. The fourth-order valence-electron chi connectivity index (χ4n) is 3.55. The molecule has 10 heteroatoms. The van der Waals surface area contributed by atoms with Crippen molar-refractivity contribution in [3.8, 4) is 11.5 Å². The Kier molecular flexibility index (Phi) is 5.20. The number of imide groups is 1. The summed E-state index contributed by atoms with van der Waals surface area (Å²) in [5, 5.41) is 1.27. The highest BCUT2D eigenvalue weighted by Crippen LogP contribution is 2.42. The van der Waals surface area contributed by atoms with Crippen molar-refractivity contribution in [1.82, 2.24) is 10.3 Å². The number of nitrogens with one attached hydrogen (secondary N) is 1. The number of pyridine rings is 1. The first-order valence-corrected chi connectivity index (χ1v) is 10.0. The zero-order valence-electron chi connectivity index (χ0n) is 14.8. The van der Waals surface area contributed by atoms with Crippen LogP contribution in [0.3, 0.4) is 0 Å². The first kappa shape index (κ1) is 20.0. The molecule has 1 N–H and O–H groups in total. The number of thioether (sulfide) groups is 1. The van der Waals surface area contributed by atoms with E-state index < -0.39 is 17.0 Å². The number of amides is 2. The summed E-state index contributed by atoms with van der Waals surface area (Å²) in [5.74, 6) is -0.0637. The topological polar surface area (TPSA) is 68.3 Å². The molecule has 0 saturated carbocycles. The summed E-state index contributed by atoms with van der Waals surface area (Å²) in [7, 11) is 0. The number of ether oxygens (including phenoxy) is 1. The van der Waals surface area contributed by atoms with Gasteiger partial charge in [0.2, 0.25) is 5.91 Å². The molecule has 5 nitrogen and oxygen atoms in total. The fraction of sp³-hybridized carbons (Fsp3) is 0.316. The van der Waals surface area contributed by atoms with E-state index in [-0.39, 0.29) is 27.8 Å². The minimum atomic E-state index is -4.49. The van der Waals surface area contributed by atoms with Crippen molar-refractivity contribution >= 4 is 34.5 Å². The second-order valence-electron chi connectivity index (χ2n) is 6.77. The van der Waals surface area contributed by atoms with Crippen molar-refractivity contribution in [1.29, 1.82) is 0 Å². The number of fused-ring (bicyclic) bond motifs is 1. The molecule has 1 fully saturated rings. The third-order valence-corrected chi connectivity index (χ3v) is 6.27. The molecule has 0 radical (unpaired) electrons. The average Bonchev–Trinajstić information content (AvgIpc) is 3.00. The highest BCUT2D eigenvalue weighted by molar-refractivity contribution is 8.15. The summed E-state index contributed by atoms with van der Waals surface area (Å²) in [5.41, 5.74) is 0.766. The van der Waals surface area contributed by atoms with Gasteiger partial charge in [-0.3, -0.25) is 19.9 Å². The van der Waals surface area contributed by atoms with E-state index in [2.05, 4.69) is 10.3 Å². The van der Waals surface area contributed by atoms with Gasteiger partial charge in [0.15, 0.2) is 0 Å². The Bertz CT molecular complexity index is 999. The van der Waals surface area contributed by atoms with Gasteiger partial charge in [-0.1, -0.05) is 23.4 Å². The van der Waals surface area contributed by atoms with Gasteiger partial charge in [0.1, 0.15) is 16.7 Å². The number of benzene rings is 1. The maximum absolute atomic E-state index is 12.8. The van der Waals surface area contributed by atoms with E-state index in [1.54, 1.807) is 6.07 Å². The summed E-state index contributed by atoms with van der Waals surface area (Å²) >= 11 is 6.92. The Labute approximate surface area is 173 Å². The van der Waals surface area contributed by atoms with E-state index in [0.29, 0.717) is 5.75 Å². The summed E-state index contributed by atoms with van der Waals surface area (Å²) in [6, 6.07) is 4.63. The van der Waals surface area contributed by atoms with Gasteiger partial charge in [-0.2, -0.15) is 13.2 Å². The number of aromatic nitrogens is 1. The molecule has 1 aliphatic carbocycles. The lowest BCUT2D eigenvalue weighted by atomic mass is 9.84. The Morgan fingerprint density at radius 1 is 1.24 bits per heavy atom. The molecule has 1 aliphatic heterocycles. The number of carbonyl (C=O) groups is 2. The molecule has 2 atom stereocenters. The second-order valence-corrected chi connectivity index (χ2v) is 8.30. The van der Waals surface area contributed by atoms with Crippen LogP contribution in [0, 0.1) is 0 Å². The van der Waals surface area contributed by atoms with Crippen LogP contribution in [-0.2, 0) is 17.4 Å². The Morgan fingerprint density at radius 3 is 2.69 bits per heavy atom. The van der Waals surface area contributed by atoms with Crippen molar-refractivity contribution in [2.45, 2.75) is 36.6 Å². The predicted molar refractivity (Wildman–Crippen MR) is 101 cm³/mol. The maximum Gasteiger partial charge on any atom is 0.416 e. The quantitative estimate of drug-likeness (QED) is 0.697. The monoisotopic (exact) mass is 442 g/mol. The smallest absolute Gasteiger partial charge is 0.416 e. The van der Waals surface area contributed by atoms with Gasteiger partial charge in [-0.15, -0.1) is 0 Å². The molecule has 29 heavy (non-hydrogen) atoms. The third kappa shape index (κ3) is 4.06. The number of halogens is 4. The lowest BCUT2D eigenvalue weighted by Gasteiger charge is -2.27. The number of hydrogen-bond donors (Lipinski definition) is 1. The molecule has 4 rings (SSSR count). The molecule has 2 amide bonds. The summed E-state index contributed by atoms with van der Waals surface area (Å²) < 4.78 is 44.0. The highest BCUT2D eigenvalue weighted by atomic mass is 35.5. The van der Waals surface area contributed by atoms with E-state index in [9.17, 15) is 22.8 Å². The number of rotatable bonds is 3. The van der Waals surface area contributed by atoms with Crippen molar-refractivity contribution in [3.05, 3.63) is 52.3 Å². The van der Waals surface area contributed by atoms with Gasteiger partial charge in [0.25, 0.3) is 5.24 Å². The molecule has 2 aliphatic rings. The van der Waals surface area contributed by atoms with Crippen LogP contribution in [0.25, 0.3) is 0 Å². The SMILES string of the molecule is O=C1NC(=O)C(C2CCCc3cc(Oc4ccc(C(F)(F)F)cc4Cl)cnc32)S1. The van der Waals surface area contributed by atoms with Crippen LogP contribution < -0.4 is 10.1 Å². The largest absolute Gasteiger partial charge is 0.454 e. The van der Waals surface area contributed by atoms with Crippen molar-refractivity contribution < 1.29 is 27.5 Å².